The minimum absolute atomic E-state index is 0.0197. The van der Waals surface area contributed by atoms with Crippen molar-refractivity contribution >= 4 is 11.9 Å². The van der Waals surface area contributed by atoms with Crippen LogP contribution in [-0.4, -0.2) is 24.6 Å². The number of carbonyl (C=O) groups excluding carboxylic acids is 2. The highest BCUT2D eigenvalue weighted by atomic mass is 16.6. The van der Waals surface area contributed by atoms with Gasteiger partial charge < -0.3 is 9.47 Å². The molecule has 1 fully saturated rings. The average Bonchev–Trinajstić information content (AvgIpc) is 2.69. The second-order valence-electron chi connectivity index (χ2n) is 5.73. The molecule has 0 amide bonds. The van der Waals surface area contributed by atoms with Gasteiger partial charge in [-0.3, -0.25) is 4.79 Å². The monoisotopic (exact) mass is 290 g/mol. The van der Waals surface area contributed by atoms with Crippen LogP contribution in [0.2, 0.25) is 0 Å². The molecule has 2 rings (SSSR count). The molecule has 21 heavy (non-hydrogen) atoms. The Hall–Kier alpha value is -1.84. The molecule has 0 aromatic carbocycles. The third-order valence-corrected chi connectivity index (χ3v) is 4.02. The number of ether oxygens (including phenoxy) is 2. The Bertz CT molecular complexity index is 513. The molecule has 1 aliphatic carbocycles. The van der Waals surface area contributed by atoms with Crippen LogP contribution in [0.1, 0.15) is 39.5 Å². The summed E-state index contributed by atoms with van der Waals surface area (Å²) in [5, 5.41) is 0. The minimum atomic E-state index is -0.311. The van der Waals surface area contributed by atoms with Crippen molar-refractivity contribution in [3.8, 4) is 0 Å². The van der Waals surface area contributed by atoms with Crippen molar-refractivity contribution in [3.05, 3.63) is 35.5 Å². The molecule has 1 aliphatic heterocycles. The van der Waals surface area contributed by atoms with Crippen molar-refractivity contribution in [1.82, 2.24) is 0 Å². The molecule has 0 spiro atoms. The van der Waals surface area contributed by atoms with Gasteiger partial charge in [0.1, 0.15) is 12.7 Å². The van der Waals surface area contributed by atoms with Gasteiger partial charge in [0.05, 0.1) is 0 Å². The van der Waals surface area contributed by atoms with Gasteiger partial charge in [-0.15, -0.1) is 0 Å². The van der Waals surface area contributed by atoms with Gasteiger partial charge in [-0.05, 0) is 44.3 Å². The summed E-state index contributed by atoms with van der Waals surface area (Å²) in [7, 11) is 0. The Kier molecular flexibility index (Phi) is 4.99. The quantitative estimate of drug-likeness (QED) is 0.445. The smallest absolute Gasteiger partial charge is 0.334 e. The summed E-state index contributed by atoms with van der Waals surface area (Å²) in [5.41, 5.74) is 2.86. The zero-order valence-corrected chi connectivity index (χ0v) is 12.7. The zero-order valence-electron chi connectivity index (χ0n) is 12.7. The van der Waals surface area contributed by atoms with Gasteiger partial charge >= 0.3 is 11.9 Å². The third kappa shape index (κ3) is 4.06. The van der Waals surface area contributed by atoms with Crippen molar-refractivity contribution in [3.63, 3.8) is 0 Å². The van der Waals surface area contributed by atoms with Crippen molar-refractivity contribution in [2.24, 2.45) is 5.92 Å². The number of rotatable bonds is 2. The van der Waals surface area contributed by atoms with E-state index in [0.717, 1.165) is 31.3 Å². The highest BCUT2D eigenvalue weighted by Gasteiger charge is 2.37. The fraction of sp³-hybridized carbons (Fsp3) is 0.529. The highest BCUT2D eigenvalue weighted by Crippen LogP contribution is 2.34. The number of hydrogen-bond acceptors (Lipinski definition) is 4. The van der Waals surface area contributed by atoms with E-state index in [2.05, 4.69) is 19.6 Å². The molecule has 4 heteroatoms. The van der Waals surface area contributed by atoms with Crippen molar-refractivity contribution in [1.29, 1.82) is 0 Å². The van der Waals surface area contributed by atoms with Gasteiger partial charge in [0.15, 0.2) is 0 Å². The molecule has 0 bridgehead atoms. The van der Waals surface area contributed by atoms with Crippen LogP contribution in [0.4, 0.5) is 0 Å². The van der Waals surface area contributed by atoms with Gasteiger partial charge in [0, 0.05) is 18.4 Å². The predicted molar refractivity (Wildman–Crippen MR) is 79.5 cm³/mol. The summed E-state index contributed by atoms with van der Waals surface area (Å²) < 4.78 is 10.5. The Morgan fingerprint density at radius 2 is 2.24 bits per heavy atom. The molecule has 114 valence electrons. The van der Waals surface area contributed by atoms with Crippen LogP contribution in [0.25, 0.3) is 0 Å². The molecule has 2 atom stereocenters. The molecule has 4 nitrogen and oxygen atoms in total. The lowest BCUT2D eigenvalue weighted by Crippen LogP contribution is -2.17. The maximum Gasteiger partial charge on any atom is 0.334 e. The number of fused-ring (bicyclic) bond motifs is 1. The van der Waals surface area contributed by atoms with E-state index in [4.69, 9.17) is 9.47 Å². The lowest BCUT2D eigenvalue weighted by atomic mass is 9.88. The molecule has 2 unspecified atom stereocenters. The van der Waals surface area contributed by atoms with Crippen LogP contribution < -0.4 is 0 Å². The summed E-state index contributed by atoms with van der Waals surface area (Å²) in [6.45, 7) is 7.62. The highest BCUT2D eigenvalue weighted by molar-refractivity contribution is 5.91. The van der Waals surface area contributed by atoms with E-state index in [9.17, 15) is 9.59 Å². The molecule has 0 aromatic heterocycles. The van der Waals surface area contributed by atoms with Gasteiger partial charge in [0.25, 0.3) is 0 Å². The second-order valence-corrected chi connectivity index (χ2v) is 5.73. The summed E-state index contributed by atoms with van der Waals surface area (Å²) in [6.07, 6.45) is 7.39. The van der Waals surface area contributed by atoms with E-state index in [1.165, 1.54) is 12.5 Å². The second kappa shape index (κ2) is 6.74. The van der Waals surface area contributed by atoms with E-state index < -0.39 is 0 Å². The molecule has 1 saturated heterocycles. The SMILES string of the molecule is C=C1C(=O)OC2C=C(COC(C)=O)CCC=C(C)CCC12. The fourth-order valence-corrected chi connectivity index (χ4v) is 2.74. The maximum absolute atomic E-state index is 11.7. The third-order valence-electron chi connectivity index (χ3n) is 4.02. The molecule has 0 aromatic rings. The van der Waals surface area contributed by atoms with Crippen molar-refractivity contribution in [2.75, 3.05) is 6.61 Å². The first-order valence-corrected chi connectivity index (χ1v) is 7.35. The van der Waals surface area contributed by atoms with Gasteiger partial charge in [0.2, 0.25) is 0 Å². The zero-order chi connectivity index (χ0) is 15.4. The number of hydrogen-bond donors (Lipinski definition) is 0. The molecule has 2 aliphatic rings. The first-order chi connectivity index (χ1) is 9.97. The van der Waals surface area contributed by atoms with Crippen LogP contribution in [0, 0.1) is 5.92 Å². The Balaban J connectivity index is 2.20. The Labute approximate surface area is 125 Å². The number of carbonyl (C=O) groups is 2. The fourth-order valence-electron chi connectivity index (χ4n) is 2.74. The van der Waals surface area contributed by atoms with Crippen LogP contribution in [-0.2, 0) is 19.1 Å². The van der Waals surface area contributed by atoms with E-state index in [1.54, 1.807) is 0 Å². The number of allylic oxidation sites excluding steroid dienone is 2. The average molecular weight is 290 g/mol. The van der Waals surface area contributed by atoms with E-state index in [0.29, 0.717) is 5.57 Å². The Morgan fingerprint density at radius 1 is 1.48 bits per heavy atom. The van der Waals surface area contributed by atoms with E-state index in [-0.39, 0.29) is 30.6 Å². The maximum atomic E-state index is 11.7. The number of esters is 2. The van der Waals surface area contributed by atoms with Crippen molar-refractivity contribution in [2.45, 2.75) is 45.6 Å². The standard InChI is InChI=1S/C17H22O4/c1-11-5-4-6-14(10-20-13(3)18)9-16-15(8-7-11)12(2)17(19)21-16/h5,9,15-16H,2,4,6-8,10H2,1,3H3. The normalized spacial score (nSPS) is 26.4. The predicted octanol–water partition coefficient (Wildman–Crippen LogP) is 3.09. The van der Waals surface area contributed by atoms with Crippen LogP contribution in [0.15, 0.2) is 35.5 Å². The molecular formula is C17H22O4. The van der Waals surface area contributed by atoms with Crippen LogP contribution >= 0.6 is 0 Å². The molecule has 1 heterocycles. The summed E-state index contributed by atoms with van der Waals surface area (Å²) in [5.74, 6) is -0.593. The lowest BCUT2D eigenvalue weighted by Gasteiger charge is -2.18. The molecule has 0 N–H and O–H groups in total. The summed E-state index contributed by atoms with van der Waals surface area (Å²) in [4.78, 5) is 22.7. The summed E-state index contributed by atoms with van der Waals surface area (Å²) >= 11 is 0. The largest absolute Gasteiger partial charge is 0.461 e. The van der Waals surface area contributed by atoms with Gasteiger partial charge in [-0.25, -0.2) is 4.79 Å². The lowest BCUT2D eigenvalue weighted by molar-refractivity contribution is -0.140. The van der Waals surface area contributed by atoms with Crippen molar-refractivity contribution < 1.29 is 19.1 Å². The molecular weight excluding hydrogens is 268 g/mol. The van der Waals surface area contributed by atoms with Crippen LogP contribution in [0.3, 0.4) is 0 Å². The first-order valence-electron chi connectivity index (χ1n) is 7.35. The van der Waals surface area contributed by atoms with Crippen LogP contribution in [0.5, 0.6) is 0 Å². The van der Waals surface area contributed by atoms with E-state index in [1.807, 2.05) is 6.08 Å². The van der Waals surface area contributed by atoms with Gasteiger partial charge in [-0.2, -0.15) is 0 Å². The van der Waals surface area contributed by atoms with E-state index >= 15 is 0 Å². The Morgan fingerprint density at radius 3 is 2.95 bits per heavy atom. The minimum Gasteiger partial charge on any atom is -0.461 e. The molecule has 0 saturated carbocycles. The summed E-state index contributed by atoms with van der Waals surface area (Å²) in [6, 6.07) is 0. The molecule has 0 radical (unpaired) electrons. The van der Waals surface area contributed by atoms with Gasteiger partial charge in [-0.1, -0.05) is 18.2 Å². The first kappa shape index (κ1) is 15.5. The topological polar surface area (TPSA) is 52.6 Å².